The van der Waals surface area contributed by atoms with Crippen LogP contribution in [0.15, 0.2) is 0 Å². The van der Waals surface area contributed by atoms with Gasteiger partial charge in [-0.1, -0.05) is 0 Å². The van der Waals surface area contributed by atoms with Crippen LogP contribution >= 0.6 is 0 Å². The van der Waals surface area contributed by atoms with E-state index in [1.54, 1.807) is 0 Å². The maximum absolute atomic E-state index is 12.2. The molecule has 0 aromatic heterocycles. The summed E-state index contributed by atoms with van der Waals surface area (Å²) < 4.78 is 18.2. The van der Waals surface area contributed by atoms with Crippen molar-refractivity contribution in [2.45, 2.75) is 17.6 Å². The van der Waals surface area contributed by atoms with E-state index < -0.39 is 41.4 Å². The van der Waals surface area contributed by atoms with Crippen LogP contribution in [0.25, 0.3) is 0 Å². The fraction of sp³-hybridized carbons (Fsp3) is 0.667. The largest absolute Gasteiger partial charge is 0.467 e. The average Bonchev–Trinajstić information content (AvgIpc) is 2.96. The molecule has 1 fully saturated rings. The Morgan fingerprint density at radius 1 is 0.783 bits per heavy atom. The third-order valence-corrected chi connectivity index (χ3v) is 3.30. The number of esters is 4. The summed E-state index contributed by atoms with van der Waals surface area (Å²) in [4.78, 5) is 58.5. The minimum Gasteiger partial charge on any atom is -0.467 e. The van der Waals surface area contributed by atoms with Gasteiger partial charge in [0.2, 0.25) is 0 Å². The Labute approximate surface area is 131 Å². The minimum atomic E-state index is -2.44. The standard InChI is InChI=1S/C12H17NO10/c1-18-7(14)11(8(15)19-2)6-12(9(16)20-3,10(17)21-4)23-13(11)22-5/h6H2,1-5H3. The summed E-state index contributed by atoms with van der Waals surface area (Å²) >= 11 is 0. The highest BCUT2D eigenvalue weighted by molar-refractivity contribution is 6.10. The zero-order chi connectivity index (χ0) is 17.8. The smallest absolute Gasteiger partial charge is 0.352 e. The molecule has 0 atom stereocenters. The number of methoxy groups -OCH3 is 4. The molecule has 1 rings (SSSR count). The Morgan fingerprint density at radius 2 is 1.17 bits per heavy atom. The first-order chi connectivity index (χ1) is 10.8. The third-order valence-electron chi connectivity index (χ3n) is 3.30. The van der Waals surface area contributed by atoms with Crippen molar-refractivity contribution in [2.24, 2.45) is 0 Å². The molecule has 1 heterocycles. The zero-order valence-electron chi connectivity index (χ0n) is 13.2. The van der Waals surface area contributed by atoms with E-state index in [0.29, 0.717) is 5.23 Å². The lowest BCUT2D eigenvalue weighted by molar-refractivity contribution is -0.378. The van der Waals surface area contributed by atoms with Gasteiger partial charge in [-0.15, -0.1) is 0 Å². The number of carbonyl (C=O) groups excluding carboxylic acids is 4. The van der Waals surface area contributed by atoms with Gasteiger partial charge in [-0.3, -0.25) is 4.84 Å². The second kappa shape index (κ2) is 6.89. The fourth-order valence-electron chi connectivity index (χ4n) is 2.22. The predicted octanol–water partition coefficient (Wildman–Crippen LogP) is -1.65. The second-order valence-electron chi connectivity index (χ2n) is 4.36. The van der Waals surface area contributed by atoms with Crippen LogP contribution in [0.1, 0.15) is 6.42 Å². The van der Waals surface area contributed by atoms with Crippen LogP contribution in [0, 0.1) is 0 Å². The maximum atomic E-state index is 12.2. The Hall–Kier alpha value is -2.24. The molecule has 0 spiro atoms. The van der Waals surface area contributed by atoms with Crippen molar-refractivity contribution in [1.82, 2.24) is 5.23 Å². The number of hydroxylamine groups is 2. The molecule has 0 saturated carbocycles. The summed E-state index contributed by atoms with van der Waals surface area (Å²) in [7, 11) is 5.02. The number of hydrogen-bond acceptors (Lipinski definition) is 11. The van der Waals surface area contributed by atoms with Gasteiger partial charge in [0.1, 0.15) is 0 Å². The van der Waals surface area contributed by atoms with E-state index in [1.807, 2.05) is 0 Å². The Bertz CT molecular complexity index is 484. The molecule has 0 unspecified atom stereocenters. The summed E-state index contributed by atoms with van der Waals surface area (Å²) in [5, 5.41) is 0.360. The molecule has 0 bridgehead atoms. The summed E-state index contributed by atoms with van der Waals surface area (Å²) in [6.45, 7) is 0. The van der Waals surface area contributed by atoms with Gasteiger partial charge in [-0.05, 0) is 5.23 Å². The summed E-state index contributed by atoms with van der Waals surface area (Å²) in [5.74, 6) is -4.72. The van der Waals surface area contributed by atoms with Crippen LogP contribution in [-0.4, -0.2) is 75.8 Å². The predicted molar refractivity (Wildman–Crippen MR) is 68.1 cm³/mol. The molecule has 0 aromatic carbocycles. The number of hydrogen-bond donors (Lipinski definition) is 0. The molecular formula is C12H17NO10. The molecule has 11 heteroatoms. The van der Waals surface area contributed by atoms with E-state index in [2.05, 4.69) is 18.9 Å². The van der Waals surface area contributed by atoms with Crippen LogP contribution in [-0.2, 0) is 47.8 Å². The second-order valence-corrected chi connectivity index (χ2v) is 4.36. The molecule has 1 saturated heterocycles. The van der Waals surface area contributed by atoms with E-state index in [4.69, 9.17) is 9.68 Å². The highest BCUT2D eigenvalue weighted by Gasteiger charge is 2.73. The van der Waals surface area contributed by atoms with Crippen molar-refractivity contribution in [3.05, 3.63) is 0 Å². The Morgan fingerprint density at radius 3 is 1.48 bits per heavy atom. The lowest BCUT2D eigenvalue weighted by Gasteiger charge is -2.27. The molecule has 1 aliphatic rings. The molecule has 0 radical (unpaired) electrons. The van der Waals surface area contributed by atoms with Gasteiger partial charge in [-0.25, -0.2) is 24.0 Å². The van der Waals surface area contributed by atoms with E-state index in [0.717, 1.165) is 35.5 Å². The SMILES string of the molecule is COC(=O)C1(C(=O)OC)CC(C(=O)OC)(C(=O)OC)N(OC)O1. The highest BCUT2D eigenvalue weighted by Crippen LogP contribution is 2.42. The molecule has 1 aliphatic heterocycles. The van der Waals surface area contributed by atoms with Crippen molar-refractivity contribution < 1.29 is 47.8 Å². The van der Waals surface area contributed by atoms with Crippen LogP contribution in [0.3, 0.4) is 0 Å². The average molecular weight is 335 g/mol. The van der Waals surface area contributed by atoms with Crippen molar-refractivity contribution in [2.75, 3.05) is 35.5 Å². The van der Waals surface area contributed by atoms with Gasteiger partial charge in [0.15, 0.2) is 0 Å². The van der Waals surface area contributed by atoms with Crippen molar-refractivity contribution >= 4 is 23.9 Å². The van der Waals surface area contributed by atoms with E-state index in [1.165, 1.54) is 0 Å². The van der Waals surface area contributed by atoms with Crippen molar-refractivity contribution in [3.8, 4) is 0 Å². The van der Waals surface area contributed by atoms with Gasteiger partial charge in [0.05, 0.1) is 35.5 Å². The van der Waals surface area contributed by atoms with Crippen LogP contribution in [0.4, 0.5) is 0 Å². The Kier molecular flexibility index (Phi) is 5.64. The van der Waals surface area contributed by atoms with Crippen LogP contribution < -0.4 is 0 Å². The fourth-order valence-corrected chi connectivity index (χ4v) is 2.22. The quantitative estimate of drug-likeness (QED) is 0.326. The van der Waals surface area contributed by atoms with Gasteiger partial charge in [-0.2, -0.15) is 0 Å². The monoisotopic (exact) mass is 335 g/mol. The molecule has 130 valence electrons. The molecule has 0 amide bonds. The van der Waals surface area contributed by atoms with Crippen LogP contribution in [0.2, 0.25) is 0 Å². The summed E-state index contributed by atoms with van der Waals surface area (Å²) in [6, 6.07) is 0. The third kappa shape index (κ3) is 2.62. The summed E-state index contributed by atoms with van der Waals surface area (Å²) in [5.41, 5.74) is -4.80. The number of ether oxygens (including phenoxy) is 4. The van der Waals surface area contributed by atoms with Crippen molar-refractivity contribution in [3.63, 3.8) is 0 Å². The van der Waals surface area contributed by atoms with Gasteiger partial charge in [0, 0.05) is 6.42 Å². The topological polar surface area (TPSA) is 127 Å². The van der Waals surface area contributed by atoms with Gasteiger partial charge >= 0.3 is 23.9 Å². The first-order valence-corrected chi connectivity index (χ1v) is 6.17. The van der Waals surface area contributed by atoms with Crippen molar-refractivity contribution in [1.29, 1.82) is 0 Å². The molecular weight excluding hydrogens is 318 g/mol. The molecule has 0 aromatic rings. The lowest BCUT2D eigenvalue weighted by Crippen LogP contribution is -2.57. The van der Waals surface area contributed by atoms with Gasteiger partial charge in [0.25, 0.3) is 11.1 Å². The molecule has 11 nitrogen and oxygen atoms in total. The van der Waals surface area contributed by atoms with E-state index >= 15 is 0 Å². The maximum Gasteiger partial charge on any atom is 0.352 e. The number of carbonyl (C=O) groups is 4. The van der Waals surface area contributed by atoms with E-state index in [-0.39, 0.29) is 0 Å². The number of rotatable bonds is 5. The van der Waals surface area contributed by atoms with Gasteiger partial charge < -0.3 is 18.9 Å². The summed E-state index contributed by atoms with van der Waals surface area (Å²) in [6.07, 6.45) is -0.827. The first-order valence-electron chi connectivity index (χ1n) is 6.17. The number of nitrogens with zero attached hydrogens (tertiary/aromatic N) is 1. The van der Waals surface area contributed by atoms with E-state index in [9.17, 15) is 19.2 Å². The molecule has 0 N–H and O–H groups in total. The van der Waals surface area contributed by atoms with Crippen LogP contribution in [0.5, 0.6) is 0 Å². The Balaban J connectivity index is 3.54. The molecule has 0 aliphatic carbocycles. The first kappa shape index (κ1) is 18.8. The zero-order valence-corrected chi connectivity index (χ0v) is 13.2. The normalized spacial score (nSPS) is 18.8. The minimum absolute atomic E-state index is 0.360. The highest BCUT2D eigenvalue weighted by atomic mass is 17.0. The lowest BCUT2D eigenvalue weighted by atomic mass is 9.86. The molecule has 23 heavy (non-hydrogen) atoms.